The van der Waals surface area contributed by atoms with E-state index in [2.05, 4.69) is 23.7 Å². The summed E-state index contributed by atoms with van der Waals surface area (Å²) in [6, 6.07) is 17.7. The Kier molecular flexibility index (Phi) is 8.25. The predicted octanol–water partition coefficient (Wildman–Crippen LogP) is 3.50. The smallest absolute Gasteiger partial charge is 0.344 e. The standard InChI is InChI=1S/C22H25NO3/c1-3-23(15-9-13-19-10-6-5-7-11-19)17-20-12-8-14-21(16-20)26-18-22(24)25-4-2/h5-8,10-12,14,16H,3-4,15,17-18H2,1-2H3. The molecule has 0 fully saturated rings. The van der Waals surface area contributed by atoms with E-state index in [1.807, 2.05) is 54.6 Å². The summed E-state index contributed by atoms with van der Waals surface area (Å²) in [6.07, 6.45) is 0. The van der Waals surface area contributed by atoms with Gasteiger partial charge in [-0.15, -0.1) is 0 Å². The molecule has 0 spiro atoms. The SMILES string of the molecule is CCOC(=O)COc1cccc(CN(CC)CC#Cc2ccccc2)c1. The van der Waals surface area contributed by atoms with E-state index in [0.717, 1.165) is 24.2 Å². The summed E-state index contributed by atoms with van der Waals surface area (Å²) in [6.45, 7) is 6.55. The summed E-state index contributed by atoms with van der Waals surface area (Å²) in [5, 5.41) is 0. The molecule has 0 bridgehead atoms. The van der Waals surface area contributed by atoms with Crippen molar-refractivity contribution in [3.8, 4) is 17.6 Å². The molecule has 0 heterocycles. The first-order valence-electron chi connectivity index (χ1n) is 8.85. The number of nitrogens with zero attached hydrogens (tertiary/aromatic N) is 1. The molecule has 0 aliphatic carbocycles. The Morgan fingerprint density at radius 2 is 1.88 bits per heavy atom. The van der Waals surface area contributed by atoms with Crippen LogP contribution in [0.25, 0.3) is 0 Å². The minimum Gasteiger partial charge on any atom is -0.482 e. The van der Waals surface area contributed by atoms with E-state index >= 15 is 0 Å². The van der Waals surface area contributed by atoms with E-state index in [9.17, 15) is 4.79 Å². The fourth-order valence-electron chi connectivity index (χ4n) is 2.39. The summed E-state index contributed by atoms with van der Waals surface area (Å²) in [5.41, 5.74) is 2.15. The normalized spacial score (nSPS) is 10.1. The molecule has 0 atom stereocenters. The molecule has 2 aromatic carbocycles. The molecule has 26 heavy (non-hydrogen) atoms. The fourth-order valence-corrected chi connectivity index (χ4v) is 2.39. The number of rotatable bonds is 8. The van der Waals surface area contributed by atoms with Crippen LogP contribution < -0.4 is 4.74 Å². The average Bonchev–Trinajstić information content (AvgIpc) is 2.67. The maximum Gasteiger partial charge on any atom is 0.344 e. The van der Waals surface area contributed by atoms with Crippen LogP contribution in [0.1, 0.15) is 25.0 Å². The predicted molar refractivity (Wildman–Crippen MR) is 103 cm³/mol. The zero-order chi connectivity index (χ0) is 18.6. The van der Waals surface area contributed by atoms with E-state index in [-0.39, 0.29) is 12.6 Å². The quantitative estimate of drug-likeness (QED) is 0.539. The second-order valence-electron chi connectivity index (χ2n) is 5.71. The van der Waals surface area contributed by atoms with Crippen LogP contribution >= 0.6 is 0 Å². The van der Waals surface area contributed by atoms with Gasteiger partial charge in [-0.2, -0.15) is 0 Å². The zero-order valence-corrected chi connectivity index (χ0v) is 15.4. The zero-order valence-electron chi connectivity index (χ0n) is 15.4. The van der Waals surface area contributed by atoms with Gasteiger partial charge in [0.1, 0.15) is 5.75 Å². The molecule has 136 valence electrons. The van der Waals surface area contributed by atoms with Crippen LogP contribution in [0.3, 0.4) is 0 Å². The van der Waals surface area contributed by atoms with E-state index in [4.69, 9.17) is 9.47 Å². The van der Waals surface area contributed by atoms with Crippen molar-refractivity contribution in [3.63, 3.8) is 0 Å². The van der Waals surface area contributed by atoms with Crippen molar-refractivity contribution in [1.29, 1.82) is 0 Å². The topological polar surface area (TPSA) is 38.8 Å². The van der Waals surface area contributed by atoms with Crippen LogP contribution in [0.5, 0.6) is 5.75 Å². The molecule has 0 saturated heterocycles. The molecule has 2 aromatic rings. The highest BCUT2D eigenvalue weighted by molar-refractivity contribution is 5.71. The van der Waals surface area contributed by atoms with Gasteiger partial charge in [0.15, 0.2) is 6.61 Å². The molecule has 0 saturated carbocycles. The van der Waals surface area contributed by atoms with Crippen LogP contribution in [0, 0.1) is 11.8 Å². The lowest BCUT2D eigenvalue weighted by atomic mass is 10.2. The van der Waals surface area contributed by atoms with Gasteiger partial charge in [0, 0.05) is 12.1 Å². The molecule has 0 radical (unpaired) electrons. The first kappa shape index (κ1) is 19.6. The van der Waals surface area contributed by atoms with Crippen LogP contribution in [-0.2, 0) is 16.1 Å². The molecule has 0 amide bonds. The minimum atomic E-state index is -0.357. The van der Waals surface area contributed by atoms with Crippen molar-refractivity contribution in [3.05, 3.63) is 65.7 Å². The Balaban J connectivity index is 1.90. The summed E-state index contributed by atoms with van der Waals surface area (Å²) in [5.74, 6) is 6.72. The Morgan fingerprint density at radius 1 is 1.08 bits per heavy atom. The molecule has 0 aliphatic rings. The second-order valence-corrected chi connectivity index (χ2v) is 5.71. The Labute approximate surface area is 155 Å². The number of ether oxygens (including phenoxy) is 2. The second kappa shape index (κ2) is 11.0. The fraction of sp³-hybridized carbons (Fsp3) is 0.318. The largest absolute Gasteiger partial charge is 0.482 e. The number of carbonyl (C=O) groups excluding carboxylic acids is 1. The highest BCUT2D eigenvalue weighted by atomic mass is 16.6. The van der Waals surface area contributed by atoms with Gasteiger partial charge in [-0.25, -0.2) is 4.79 Å². The van der Waals surface area contributed by atoms with Crippen LogP contribution in [0.15, 0.2) is 54.6 Å². The van der Waals surface area contributed by atoms with Crippen LogP contribution in [-0.4, -0.2) is 37.2 Å². The lowest BCUT2D eigenvalue weighted by molar-refractivity contribution is -0.145. The molecule has 0 aromatic heterocycles. The van der Waals surface area contributed by atoms with Gasteiger partial charge in [-0.1, -0.05) is 49.1 Å². The van der Waals surface area contributed by atoms with E-state index in [1.54, 1.807) is 6.92 Å². The minimum absolute atomic E-state index is 0.0721. The molecule has 4 heteroatoms. The third kappa shape index (κ3) is 7.00. The Morgan fingerprint density at radius 3 is 2.62 bits per heavy atom. The Bertz CT molecular complexity index is 747. The lowest BCUT2D eigenvalue weighted by Gasteiger charge is -2.18. The van der Waals surface area contributed by atoms with Crippen LogP contribution in [0.2, 0.25) is 0 Å². The van der Waals surface area contributed by atoms with Gasteiger partial charge in [0.25, 0.3) is 0 Å². The molecule has 4 nitrogen and oxygen atoms in total. The third-order valence-corrected chi connectivity index (χ3v) is 3.72. The average molecular weight is 351 g/mol. The number of esters is 1. The van der Waals surface area contributed by atoms with E-state index in [1.165, 1.54) is 0 Å². The summed E-state index contributed by atoms with van der Waals surface area (Å²) >= 11 is 0. The number of benzene rings is 2. The van der Waals surface area contributed by atoms with Crippen molar-refractivity contribution in [2.45, 2.75) is 20.4 Å². The van der Waals surface area contributed by atoms with Crippen LogP contribution in [0.4, 0.5) is 0 Å². The van der Waals surface area contributed by atoms with Crippen molar-refractivity contribution in [1.82, 2.24) is 4.90 Å². The number of carbonyl (C=O) groups is 1. The lowest BCUT2D eigenvalue weighted by Crippen LogP contribution is -2.23. The van der Waals surface area contributed by atoms with Crippen molar-refractivity contribution < 1.29 is 14.3 Å². The van der Waals surface area contributed by atoms with Gasteiger partial charge >= 0.3 is 5.97 Å². The van der Waals surface area contributed by atoms with Gasteiger partial charge in [-0.05, 0) is 43.3 Å². The Hall–Kier alpha value is -2.77. The highest BCUT2D eigenvalue weighted by Crippen LogP contribution is 2.15. The third-order valence-electron chi connectivity index (χ3n) is 3.72. The van der Waals surface area contributed by atoms with Crippen molar-refractivity contribution >= 4 is 5.97 Å². The maximum absolute atomic E-state index is 11.4. The number of hydrogen-bond donors (Lipinski definition) is 0. The molecule has 0 N–H and O–H groups in total. The first-order valence-corrected chi connectivity index (χ1v) is 8.85. The highest BCUT2D eigenvalue weighted by Gasteiger charge is 2.06. The molecule has 0 unspecified atom stereocenters. The first-order chi connectivity index (χ1) is 12.7. The van der Waals surface area contributed by atoms with Crippen molar-refractivity contribution in [2.75, 3.05) is 26.3 Å². The summed E-state index contributed by atoms with van der Waals surface area (Å²) in [7, 11) is 0. The molecule has 2 rings (SSSR count). The van der Waals surface area contributed by atoms with Gasteiger partial charge in [0.2, 0.25) is 0 Å². The molecule has 0 aliphatic heterocycles. The summed E-state index contributed by atoms with van der Waals surface area (Å²) < 4.78 is 10.4. The summed E-state index contributed by atoms with van der Waals surface area (Å²) in [4.78, 5) is 13.6. The maximum atomic E-state index is 11.4. The van der Waals surface area contributed by atoms with Gasteiger partial charge in [0.05, 0.1) is 13.2 Å². The molecular formula is C22H25NO3. The van der Waals surface area contributed by atoms with E-state index in [0.29, 0.717) is 18.9 Å². The van der Waals surface area contributed by atoms with Gasteiger partial charge < -0.3 is 9.47 Å². The monoisotopic (exact) mass is 351 g/mol. The number of hydrogen-bond acceptors (Lipinski definition) is 4. The van der Waals surface area contributed by atoms with E-state index < -0.39 is 0 Å². The van der Waals surface area contributed by atoms with Crippen molar-refractivity contribution in [2.24, 2.45) is 0 Å². The molecular weight excluding hydrogens is 326 g/mol. The van der Waals surface area contributed by atoms with Gasteiger partial charge in [-0.3, -0.25) is 4.90 Å².